The molecule has 6 heteroatoms. The highest BCUT2D eigenvalue weighted by molar-refractivity contribution is 5.71. The average molecular weight is 1000 g/mol. The fraction of sp³-hybridized carbons (Fsp3) is 0.742. The lowest BCUT2D eigenvalue weighted by Crippen LogP contribution is -2.30. The molecule has 0 N–H and O–H groups in total. The second kappa shape index (κ2) is 60.1. The van der Waals surface area contributed by atoms with E-state index >= 15 is 0 Å². The molecule has 1 atom stereocenters. The van der Waals surface area contributed by atoms with Crippen LogP contribution in [0.25, 0.3) is 0 Å². The Morgan fingerprint density at radius 2 is 0.542 bits per heavy atom. The largest absolute Gasteiger partial charge is 0.462 e. The predicted molar refractivity (Wildman–Crippen MR) is 311 cm³/mol. The Balaban J connectivity index is 4.19. The van der Waals surface area contributed by atoms with Crippen molar-refractivity contribution in [3.63, 3.8) is 0 Å². The Kier molecular flexibility index (Phi) is 57.3. The van der Waals surface area contributed by atoms with Crippen molar-refractivity contribution in [3.05, 3.63) is 85.1 Å². The minimum atomic E-state index is -0.781. The first-order valence-electron chi connectivity index (χ1n) is 30.6. The highest BCUT2D eigenvalue weighted by atomic mass is 16.6. The number of carbonyl (C=O) groups excluding carboxylic acids is 3. The number of hydrogen-bond acceptors (Lipinski definition) is 6. The van der Waals surface area contributed by atoms with Gasteiger partial charge in [-0.25, -0.2) is 0 Å². The molecule has 0 fully saturated rings. The highest BCUT2D eigenvalue weighted by Gasteiger charge is 2.19. The third-order valence-electron chi connectivity index (χ3n) is 13.1. The molecule has 0 saturated carbocycles. The molecular formula is C66H114O6. The van der Waals surface area contributed by atoms with Crippen molar-refractivity contribution in [1.29, 1.82) is 0 Å². The van der Waals surface area contributed by atoms with Gasteiger partial charge in [-0.05, 0) is 96.3 Å². The van der Waals surface area contributed by atoms with Gasteiger partial charge in [0.1, 0.15) is 13.2 Å². The first kappa shape index (κ1) is 68.6. The van der Waals surface area contributed by atoms with Crippen LogP contribution >= 0.6 is 0 Å². The summed E-state index contributed by atoms with van der Waals surface area (Å²) in [5, 5.41) is 0. The van der Waals surface area contributed by atoms with Crippen LogP contribution in [0.3, 0.4) is 0 Å². The molecule has 0 spiro atoms. The van der Waals surface area contributed by atoms with Gasteiger partial charge in [0.15, 0.2) is 6.10 Å². The Hall–Kier alpha value is -3.41. The maximum absolute atomic E-state index is 12.8. The van der Waals surface area contributed by atoms with Gasteiger partial charge in [0.05, 0.1) is 0 Å². The number of rotatable bonds is 55. The zero-order chi connectivity index (χ0) is 52.2. The molecular weight excluding hydrogens is 889 g/mol. The maximum Gasteiger partial charge on any atom is 0.306 e. The maximum atomic E-state index is 12.8. The summed E-state index contributed by atoms with van der Waals surface area (Å²) in [6.45, 7) is 6.49. The number of hydrogen-bond donors (Lipinski definition) is 0. The van der Waals surface area contributed by atoms with Crippen LogP contribution in [-0.2, 0) is 28.6 Å². The molecule has 72 heavy (non-hydrogen) atoms. The summed E-state index contributed by atoms with van der Waals surface area (Å²) in [5.41, 5.74) is 0. The minimum Gasteiger partial charge on any atom is -0.462 e. The summed E-state index contributed by atoms with van der Waals surface area (Å²) in [6, 6.07) is 0. The van der Waals surface area contributed by atoms with E-state index in [9.17, 15) is 14.4 Å². The zero-order valence-electron chi connectivity index (χ0n) is 47.4. The van der Waals surface area contributed by atoms with Crippen molar-refractivity contribution in [2.45, 2.75) is 303 Å². The van der Waals surface area contributed by atoms with Crippen molar-refractivity contribution < 1.29 is 28.6 Å². The van der Waals surface area contributed by atoms with E-state index in [0.717, 1.165) is 116 Å². The first-order valence-corrected chi connectivity index (χ1v) is 30.6. The summed E-state index contributed by atoms with van der Waals surface area (Å²) in [7, 11) is 0. The summed E-state index contributed by atoms with van der Waals surface area (Å²) in [5.74, 6) is -0.887. The highest BCUT2D eigenvalue weighted by Crippen LogP contribution is 2.16. The molecule has 414 valence electrons. The molecule has 0 bridgehead atoms. The Morgan fingerprint density at radius 3 is 0.875 bits per heavy atom. The lowest BCUT2D eigenvalue weighted by molar-refractivity contribution is -0.167. The molecule has 0 saturated heterocycles. The smallest absolute Gasteiger partial charge is 0.306 e. The summed E-state index contributed by atoms with van der Waals surface area (Å²) < 4.78 is 16.8. The standard InChI is InChI=1S/C66H114O6/c1-4-7-10-13-16-19-22-24-26-27-28-29-30-31-32-33-34-35-36-37-38-39-41-42-44-47-50-53-56-59-65(68)71-62-63(61-70-64(67)58-55-52-49-46-21-18-15-12-9-6-3)72-66(69)60-57-54-51-48-45-43-40-25-23-20-17-14-11-8-5-2/h7,10,16-17,19-20,24-26,28-29,31-32,40,63H,4-6,8-9,11-15,18,21-23,27,30,33-39,41-62H2,1-3H3/b10-7-,19-16-,20-17-,26-24-,29-28-,32-31-,40-25-. The van der Waals surface area contributed by atoms with Gasteiger partial charge in [-0.2, -0.15) is 0 Å². The Bertz CT molecular complexity index is 1380. The molecule has 0 aliphatic carbocycles. The lowest BCUT2D eigenvalue weighted by atomic mass is 10.0. The van der Waals surface area contributed by atoms with Gasteiger partial charge in [0.2, 0.25) is 0 Å². The normalized spacial score (nSPS) is 12.7. The third-order valence-corrected chi connectivity index (χ3v) is 13.1. The van der Waals surface area contributed by atoms with Crippen molar-refractivity contribution in [2.24, 2.45) is 0 Å². The van der Waals surface area contributed by atoms with Gasteiger partial charge in [-0.1, -0.05) is 266 Å². The van der Waals surface area contributed by atoms with Crippen LogP contribution in [0, 0.1) is 0 Å². The second-order valence-corrected chi connectivity index (χ2v) is 20.2. The van der Waals surface area contributed by atoms with Crippen LogP contribution in [0.2, 0.25) is 0 Å². The molecule has 0 amide bonds. The van der Waals surface area contributed by atoms with Gasteiger partial charge < -0.3 is 14.2 Å². The van der Waals surface area contributed by atoms with E-state index in [-0.39, 0.29) is 31.1 Å². The van der Waals surface area contributed by atoms with E-state index < -0.39 is 6.10 Å². The van der Waals surface area contributed by atoms with Crippen LogP contribution in [0.4, 0.5) is 0 Å². The van der Waals surface area contributed by atoms with Crippen LogP contribution in [-0.4, -0.2) is 37.2 Å². The van der Waals surface area contributed by atoms with E-state index in [1.165, 1.54) is 141 Å². The van der Waals surface area contributed by atoms with Crippen LogP contribution in [0.15, 0.2) is 85.1 Å². The number of esters is 3. The summed E-state index contributed by atoms with van der Waals surface area (Å²) >= 11 is 0. The second-order valence-electron chi connectivity index (χ2n) is 20.2. The van der Waals surface area contributed by atoms with Gasteiger partial charge in [-0.3, -0.25) is 14.4 Å². The van der Waals surface area contributed by atoms with E-state index in [4.69, 9.17) is 14.2 Å². The fourth-order valence-electron chi connectivity index (χ4n) is 8.56. The number of ether oxygens (including phenoxy) is 3. The average Bonchev–Trinajstić information content (AvgIpc) is 3.38. The first-order chi connectivity index (χ1) is 35.5. The molecule has 6 nitrogen and oxygen atoms in total. The van der Waals surface area contributed by atoms with Crippen molar-refractivity contribution in [1.82, 2.24) is 0 Å². The summed E-state index contributed by atoms with van der Waals surface area (Å²) in [6.07, 6.45) is 78.8. The molecule has 0 aliphatic rings. The van der Waals surface area contributed by atoms with Crippen LogP contribution in [0.5, 0.6) is 0 Å². The third kappa shape index (κ3) is 57.5. The van der Waals surface area contributed by atoms with Gasteiger partial charge in [-0.15, -0.1) is 0 Å². The molecule has 0 heterocycles. The Labute approximate surface area is 445 Å². The molecule has 1 unspecified atom stereocenters. The Morgan fingerprint density at radius 1 is 0.292 bits per heavy atom. The lowest BCUT2D eigenvalue weighted by Gasteiger charge is -2.18. The quantitative estimate of drug-likeness (QED) is 0.0261. The monoisotopic (exact) mass is 1000 g/mol. The van der Waals surface area contributed by atoms with Crippen LogP contribution in [0.1, 0.15) is 297 Å². The predicted octanol–water partition coefficient (Wildman–Crippen LogP) is 20.7. The van der Waals surface area contributed by atoms with E-state index in [2.05, 4.69) is 106 Å². The molecule has 0 aliphatic heterocycles. The molecule has 0 aromatic carbocycles. The SMILES string of the molecule is CC/C=C\C/C=C\C/C=C\C/C=C\C/C=C\CCCCCCCCCCCCCCCC(=O)OCC(COC(=O)CCCCCCCCCCCC)OC(=O)CCCCCCC/C=C\C/C=C\CCCCC. The van der Waals surface area contributed by atoms with Gasteiger partial charge in [0.25, 0.3) is 0 Å². The molecule has 0 aromatic heterocycles. The summed E-state index contributed by atoms with van der Waals surface area (Å²) in [4.78, 5) is 38.1. The van der Waals surface area contributed by atoms with Crippen molar-refractivity contribution in [3.8, 4) is 0 Å². The van der Waals surface area contributed by atoms with Crippen molar-refractivity contribution >= 4 is 17.9 Å². The topological polar surface area (TPSA) is 78.9 Å². The van der Waals surface area contributed by atoms with E-state index in [0.29, 0.717) is 19.3 Å². The molecule has 0 radical (unpaired) electrons. The number of unbranched alkanes of at least 4 members (excludes halogenated alkanes) is 30. The van der Waals surface area contributed by atoms with Crippen LogP contribution < -0.4 is 0 Å². The van der Waals surface area contributed by atoms with E-state index in [1.807, 2.05) is 0 Å². The van der Waals surface area contributed by atoms with E-state index in [1.54, 1.807) is 0 Å². The van der Waals surface area contributed by atoms with Gasteiger partial charge in [0, 0.05) is 19.3 Å². The fourth-order valence-corrected chi connectivity index (χ4v) is 8.56. The number of carbonyl (C=O) groups is 3. The minimum absolute atomic E-state index is 0.0792. The van der Waals surface area contributed by atoms with Crippen molar-refractivity contribution in [2.75, 3.05) is 13.2 Å². The van der Waals surface area contributed by atoms with Gasteiger partial charge >= 0.3 is 17.9 Å². The number of allylic oxidation sites excluding steroid dienone is 14. The zero-order valence-corrected chi connectivity index (χ0v) is 47.4. The molecule has 0 aromatic rings. The molecule has 0 rings (SSSR count).